The molecule has 0 aromatic rings. The van der Waals surface area contributed by atoms with Crippen LogP contribution in [0.5, 0.6) is 0 Å². The molecule has 0 aliphatic heterocycles. The monoisotopic (exact) mass is 254 g/mol. The van der Waals surface area contributed by atoms with E-state index in [0.29, 0.717) is 17.4 Å². The van der Waals surface area contributed by atoms with E-state index in [1.165, 1.54) is 38.6 Å². The normalized spacial score (nSPS) is 20.8. The van der Waals surface area contributed by atoms with Crippen LogP contribution < -0.4 is 11.1 Å². The quantitative estimate of drug-likeness (QED) is 0.695. The second kappa shape index (κ2) is 7.49. The molecule has 0 spiro atoms. The lowest BCUT2D eigenvalue weighted by atomic mass is 9.78. The van der Waals surface area contributed by atoms with Crippen LogP contribution in [0.2, 0.25) is 0 Å². The van der Waals surface area contributed by atoms with Crippen molar-refractivity contribution in [3.8, 4) is 0 Å². The maximum absolute atomic E-state index is 6.14. The minimum absolute atomic E-state index is 0.322. The molecule has 0 amide bonds. The third kappa shape index (κ3) is 5.71. The number of rotatable bonds is 8. The Hall–Kier alpha value is -0.0800. The lowest BCUT2D eigenvalue weighted by Crippen LogP contribution is -2.40. The van der Waals surface area contributed by atoms with Gasteiger partial charge in [0.05, 0.1) is 0 Å². The summed E-state index contributed by atoms with van der Waals surface area (Å²) < 4.78 is 0. The standard InChI is InChI=1S/C16H34N2/c1-13(2)9-15(17)11-18-12-16(10-14(3)4)7-5-6-8-16/h13-15,18H,5-12,17H2,1-4H3. The van der Waals surface area contributed by atoms with Crippen molar-refractivity contribution in [3.63, 3.8) is 0 Å². The zero-order chi connectivity index (χ0) is 13.6. The number of hydrogen-bond acceptors (Lipinski definition) is 2. The van der Waals surface area contributed by atoms with Crippen molar-refractivity contribution in [2.75, 3.05) is 13.1 Å². The van der Waals surface area contributed by atoms with Gasteiger partial charge in [-0.05, 0) is 42.9 Å². The summed E-state index contributed by atoms with van der Waals surface area (Å²) >= 11 is 0. The van der Waals surface area contributed by atoms with Crippen molar-refractivity contribution < 1.29 is 0 Å². The van der Waals surface area contributed by atoms with Gasteiger partial charge in [-0.1, -0.05) is 40.5 Å². The summed E-state index contributed by atoms with van der Waals surface area (Å²) in [5.74, 6) is 1.52. The molecule has 2 heteroatoms. The Morgan fingerprint density at radius 2 is 1.67 bits per heavy atom. The molecule has 0 radical (unpaired) electrons. The Labute approximate surface area is 114 Å². The van der Waals surface area contributed by atoms with Crippen molar-refractivity contribution in [1.29, 1.82) is 0 Å². The van der Waals surface area contributed by atoms with Crippen molar-refractivity contribution in [3.05, 3.63) is 0 Å². The first kappa shape index (κ1) is 16.0. The van der Waals surface area contributed by atoms with Crippen LogP contribution in [0.25, 0.3) is 0 Å². The first-order valence-electron chi connectivity index (χ1n) is 7.90. The van der Waals surface area contributed by atoms with Crippen LogP contribution in [0.3, 0.4) is 0 Å². The van der Waals surface area contributed by atoms with Gasteiger partial charge in [-0.3, -0.25) is 0 Å². The molecular formula is C16H34N2. The van der Waals surface area contributed by atoms with E-state index in [2.05, 4.69) is 33.0 Å². The van der Waals surface area contributed by atoms with E-state index in [-0.39, 0.29) is 0 Å². The molecule has 1 atom stereocenters. The van der Waals surface area contributed by atoms with Gasteiger partial charge in [0.2, 0.25) is 0 Å². The van der Waals surface area contributed by atoms with Crippen LogP contribution in [-0.4, -0.2) is 19.1 Å². The highest BCUT2D eigenvalue weighted by Crippen LogP contribution is 2.42. The summed E-state index contributed by atoms with van der Waals surface area (Å²) in [4.78, 5) is 0. The topological polar surface area (TPSA) is 38.0 Å². The molecule has 0 heterocycles. The fourth-order valence-electron chi connectivity index (χ4n) is 3.66. The van der Waals surface area contributed by atoms with Gasteiger partial charge >= 0.3 is 0 Å². The molecule has 1 unspecified atom stereocenters. The Morgan fingerprint density at radius 1 is 1.06 bits per heavy atom. The van der Waals surface area contributed by atoms with Gasteiger partial charge in [0.15, 0.2) is 0 Å². The van der Waals surface area contributed by atoms with Crippen LogP contribution in [0.4, 0.5) is 0 Å². The van der Waals surface area contributed by atoms with E-state index in [0.717, 1.165) is 18.9 Å². The molecule has 1 fully saturated rings. The van der Waals surface area contributed by atoms with Gasteiger partial charge in [-0.15, -0.1) is 0 Å². The highest BCUT2D eigenvalue weighted by atomic mass is 14.9. The maximum Gasteiger partial charge on any atom is 0.0167 e. The van der Waals surface area contributed by atoms with Gasteiger partial charge in [0.1, 0.15) is 0 Å². The largest absolute Gasteiger partial charge is 0.327 e. The molecular weight excluding hydrogens is 220 g/mol. The van der Waals surface area contributed by atoms with E-state index in [9.17, 15) is 0 Å². The maximum atomic E-state index is 6.14. The number of nitrogens with two attached hydrogens (primary N) is 1. The van der Waals surface area contributed by atoms with Crippen LogP contribution in [0, 0.1) is 17.3 Å². The van der Waals surface area contributed by atoms with Gasteiger partial charge in [0.25, 0.3) is 0 Å². The van der Waals surface area contributed by atoms with E-state index in [1.807, 2.05) is 0 Å². The van der Waals surface area contributed by atoms with Gasteiger partial charge in [0, 0.05) is 19.1 Å². The number of hydrogen-bond donors (Lipinski definition) is 2. The zero-order valence-electron chi connectivity index (χ0n) is 13.0. The van der Waals surface area contributed by atoms with Gasteiger partial charge in [-0.25, -0.2) is 0 Å². The Balaban J connectivity index is 2.30. The smallest absolute Gasteiger partial charge is 0.0167 e. The first-order chi connectivity index (χ1) is 8.43. The minimum Gasteiger partial charge on any atom is -0.327 e. The molecule has 0 aromatic carbocycles. The summed E-state index contributed by atoms with van der Waals surface area (Å²) in [6.07, 6.45) is 8.18. The summed E-state index contributed by atoms with van der Waals surface area (Å²) in [7, 11) is 0. The highest BCUT2D eigenvalue weighted by molar-refractivity contribution is 4.87. The minimum atomic E-state index is 0.322. The Morgan fingerprint density at radius 3 is 2.17 bits per heavy atom. The SMILES string of the molecule is CC(C)CC(N)CNCC1(CC(C)C)CCCC1. The molecule has 1 aliphatic carbocycles. The molecule has 1 aliphatic rings. The average molecular weight is 254 g/mol. The Bertz CT molecular complexity index is 217. The fraction of sp³-hybridized carbons (Fsp3) is 1.00. The summed E-state index contributed by atoms with van der Waals surface area (Å²) in [5.41, 5.74) is 6.72. The molecule has 0 bridgehead atoms. The van der Waals surface area contributed by atoms with Crippen LogP contribution in [0.15, 0.2) is 0 Å². The molecule has 0 aromatic heterocycles. The van der Waals surface area contributed by atoms with Crippen LogP contribution in [-0.2, 0) is 0 Å². The predicted molar refractivity (Wildman–Crippen MR) is 80.7 cm³/mol. The second-order valence-corrected chi connectivity index (χ2v) is 7.33. The summed E-state index contributed by atoms with van der Waals surface area (Å²) in [5, 5.41) is 3.65. The number of nitrogens with one attached hydrogen (secondary N) is 1. The Kier molecular flexibility index (Phi) is 6.65. The average Bonchev–Trinajstić information content (AvgIpc) is 2.64. The third-order valence-electron chi connectivity index (χ3n) is 4.19. The van der Waals surface area contributed by atoms with E-state index < -0.39 is 0 Å². The van der Waals surface area contributed by atoms with Gasteiger partial charge < -0.3 is 11.1 Å². The third-order valence-corrected chi connectivity index (χ3v) is 4.19. The predicted octanol–water partition coefficient (Wildman–Crippen LogP) is 3.56. The molecule has 2 nitrogen and oxygen atoms in total. The van der Waals surface area contributed by atoms with E-state index >= 15 is 0 Å². The molecule has 18 heavy (non-hydrogen) atoms. The fourth-order valence-corrected chi connectivity index (χ4v) is 3.66. The zero-order valence-corrected chi connectivity index (χ0v) is 13.0. The second-order valence-electron chi connectivity index (χ2n) is 7.33. The lowest BCUT2D eigenvalue weighted by Gasteiger charge is -2.32. The molecule has 1 rings (SSSR count). The molecule has 1 saturated carbocycles. The van der Waals surface area contributed by atoms with Crippen LogP contribution in [0.1, 0.15) is 66.2 Å². The molecule has 3 N–H and O–H groups in total. The van der Waals surface area contributed by atoms with Crippen molar-refractivity contribution in [2.24, 2.45) is 23.0 Å². The van der Waals surface area contributed by atoms with Crippen molar-refractivity contribution in [2.45, 2.75) is 72.3 Å². The molecule has 0 saturated heterocycles. The highest BCUT2D eigenvalue weighted by Gasteiger charge is 2.33. The van der Waals surface area contributed by atoms with Crippen LogP contribution >= 0.6 is 0 Å². The summed E-state index contributed by atoms with van der Waals surface area (Å²) in [6.45, 7) is 11.4. The van der Waals surface area contributed by atoms with Crippen molar-refractivity contribution in [1.82, 2.24) is 5.32 Å². The lowest BCUT2D eigenvalue weighted by molar-refractivity contribution is 0.222. The van der Waals surface area contributed by atoms with Gasteiger partial charge in [-0.2, -0.15) is 0 Å². The summed E-state index contributed by atoms with van der Waals surface area (Å²) in [6, 6.07) is 0.322. The van der Waals surface area contributed by atoms with E-state index in [1.54, 1.807) is 0 Å². The van der Waals surface area contributed by atoms with Crippen molar-refractivity contribution >= 4 is 0 Å². The van der Waals surface area contributed by atoms with E-state index in [4.69, 9.17) is 5.73 Å². The first-order valence-corrected chi connectivity index (χ1v) is 7.90. The molecule has 108 valence electrons.